The lowest BCUT2D eigenvalue weighted by Gasteiger charge is -2.00. The molecule has 0 aliphatic rings. The first-order chi connectivity index (χ1) is 5.11. The average Bonchev–Trinajstić information content (AvgIpc) is 1.94. The zero-order valence-electron chi connectivity index (χ0n) is 5.74. The van der Waals surface area contributed by atoms with E-state index in [4.69, 9.17) is 18.7 Å². The van der Waals surface area contributed by atoms with Crippen molar-refractivity contribution in [3.05, 3.63) is 23.8 Å². The molecule has 1 rings (SSSR count). The van der Waals surface area contributed by atoms with Gasteiger partial charge in [-0.15, -0.1) is 0 Å². The van der Waals surface area contributed by atoms with Crippen LogP contribution in [-0.2, 0) is 0 Å². The zero-order chi connectivity index (χ0) is 8.43. The summed E-state index contributed by atoms with van der Waals surface area (Å²) >= 11 is 0. The highest BCUT2D eigenvalue weighted by Crippen LogP contribution is 2.02. The lowest BCUT2D eigenvalue weighted by Crippen LogP contribution is -2.11. The molecule has 3 nitrogen and oxygen atoms in total. The average molecular weight is 147 g/mol. The first-order valence-electron chi connectivity index (χ1n) is 2.99. The predicted molar refractivity (Wildman–Crippen MR) is 43.2 cm³/mol. The molecule has 1 aromatic carbocycles. The molecule has 0 heterocycles. The van der Waals surface area contributed by atoms with Crippen molar-refractivity contribution >= 4 is 25.0 Å². The Bertz CT molecular complexity index is 298. The standard InChI is InChI=1S/C7H6BNO2/c8-5-2-1-4(7(10)11)3-6(5)9/h1-3H,9H2,(H,10,11). The van der Waals surface area contributed by atoms with E-state index in [2.05, 4.69) is 0 Å². The van der Waals surface area contributed by atoms with Crippen molar-refractivity contribution in [1.82, 2.24) is 0 Å². The van der Waals surface area contributed by atoms with Crippen LogP contribution in [0.4, 0.5) is 5.69 Å². The summed E-state index contributed by atoms with van der Waals surface area (Å²) in [4.78, 5) is 10.4. The Morgan fingerprint density at radius 3 is 2.64 bits per heavy atom. The highest BCUT2D eigenvalue weighted by Gasteiger charge is 2.02. The number of rotatable bonds is 1. The van der Waals surface area contributed by atoms with Crippen LogP contribution in [0.3, 0.4) is 0 Å². The van der Waals surface area contributed by atoms with E-state index < -0.39 is 5.97 Å². The fourth-order valence-electron chi connectivity index (χ4n) is 0.708. The minimum atomic E-state index is -1.00. The van der Waals surface area contributed by atoms with E-state index in [0.29, 0.717) is 11.2 Å². The van der Waals surface area contributed by atoms with Gasteiger partial charge in [0.25, 0.3) is 0 Å². The highest BCUT2D eigenvalue weighted by atomic mass is 16.4. The Balaban J connectivity index is 3.15. The van der Waals surface area contributed by atoms with Crippen molar-refractivity contribution in [3.63, 3.8) is 0 Å². The van der Waals surface area contributed by atoms with Gasteiger partial charge in [0.1, 0.15) is 7.85 Å². The highest BCUT2D eigenvalue weighted by molar-refractivity contribution is 6.35. The minimum Gasteiger partial charge on any atom is -0.478 e. The van der Waals surface area contributed by atoms with Crippen molar-refractivity contribution in [2.24, 2.45) is 0 Å². The normalized spacial score (nSPS) is 9.45. The molecule has 3 N–H and O–H groups in total. The van der Waals surface area contributed by atoms with E-state index in [0.717, 1.165) is 0 Å². The van der Waals surface area contributed by atoms with E-state index in [1.165, 1.54) is 18.2 Å². The minimum absolute atomic E-state index is 0.150. The van der Waals surface area contributed by atoms with Crippen LogP contribution >= 0.6 is 0 Å². The third kappa shape index (κ3) is 1.52. The van der Waals surface area contributed by atoms with Crippen LogP contribution < -0.4 is 11.2 Å². The molecule has 0 saturated carbocycles. The third-order valence-corrected chi connectivity index (χ3v) is 1.33. The number of carboxylic acids is 1. The van der Waals surface area contributed by atoms with Crippen molar-refractivity contribution in [2.75, 3.05) is 5.73 Å². The van der Waals surface area contributed by atoms with Crippen molar-refractivity contribution < 1.29 is 9.90 Å². The quantitative estimate of drug-likeness (QED) is 0.425. The predicted octanol–water partition coefficient (Wildman–Crippen LogP) is -0.239. The molecule has 4 heteroatoms. The summed E-state index contributed by atoms with van der Waals surface area (Å²) in [6, 6.07) is 4.21. The molecule has 0 bridgehead atoms. The maximum atomic E-state index is 10.4. The van der Waals surface area contributed by atoms with Gasteiger partial charge in [-0.3, -0.25) is 0 Å². The Kier molecular flexibility index (Phi) is 1.85. The topological polar surface area (TPSA) is 63.3 Å². The summed E-state index contributed by atoms with van der Waals surface area (Å²) in [7, 11) is 5.37. The zero-order valence-corrected chi connectivity index (χ0v) is 5.74. The molecular formula is C7H6BNO2. The van der Waals surface area contributed by atoms with Crippen LogP contribution in [0.25, 0.3) is 0 Å². The molecule has 0 amide bonds. The van der Waals surface area contributed by atoms with Crippen molar-refractivity contribution in [3.8, 4) is 0 Å². The maximum Gasteiger partial charge on any atom is 0.335 e. The van der Waals surface area contributed by atoms with Gasteiger partial charge in [-0.05, 0) is 12.1 Å². The summed E-state index contributed by atoms with van der Waals surface area (Å²) in [6.07, 6.45) is 0. The van der Waals surface area contributed by atoms with Crippen LogP contribution in [-0.4, -0.2) is 18.9 Å². The monoisotopic (exact) mass is 147 g/mol. The van der Waals surface area contributed by atoms with Gasteiger partial charge in [-0.1, -0.05) is 11.5 Å². The van der Waals surface area contributed by atoms with Gasteiger partial charge in [-0.2, -0.15) is 0 Å². The summed E-state index contributed by atoms with van der Waals surface area (Å²) < 4.78 is 0. The number of anilines is 1. The number of benzene rings is 1. The SMILES string of the molecule is [B]c1ccc(C(=O)O)cc1N. The molecule has 0 aliphatic carbocycles. The van der Waals surface area contributed by atoms with Gasteiger partial charge in [0.2, 0.25) is 0 Å². The largest absolute Gasteiger partial charge is 0.478 e. The molecule has 11 heavy (non-hydrogen) atoms. The third-order valence-electron chi connectivity index (χ3n) is 1.33. The molecule has 0 aromatic heterocycles. The summed E-state index contributed by atoms with van der Waals surface area (Å²) in [6.45, 7) is 0. The molecule has 2 radical (unpaired) electrons. The Morgan fingerprint density at radius 2 is 2.18 bits per heavy atom. The van der Waals surface area contributed by atoms with Crippen LogP contribution in [0.15, 0.2) is 18.2 Å². The van der Waals surface area contributed by atoms with Crippen molar-refractivity contribution in [1.29, 1.82) is 0 Å². The molecule has 54 valence electrons. The number of hydrogen-bond acceptors (Lipinski definition) is 2. The van der Waals surface area contributed by atoms with Gasteiger partial charge in [-0.25, -0.2) is 4.79 Å². The van der Waals surface area contributed by atoms with E-state index >= 15 is 0 Å². The summed E-state index contributed by atoms with van der Waals surface area (Å²) in [5, 5.41) is 8.50. The van der Waals surface area contributed by atoms with Gasteiger partial charge >= 0.3 is 5.97 Å². The van der Waals surface area contributed by atoms with E-state index in [1.807, 2.05) is 0 Å². The second kappa shape index (κ2) is 2.66. The number of aromatic carboxylic acids is 1. The molecule has 0 saturated heterocycles. The first kappa shape index (κ1) is 7.66. The van der Waals surface area contributed by atoms with E-state index in [9.17, 15) is 4.79 Å². The van der Waals surface area contributed by atoms with Crippen LogP contribution in [0.1, 0.15) is 10.4 Å². The van der Waals surface area contributed by atoms with Crippen LogP contribution in [0, 0.1) is 0 Å². The smallest absolute Gasteiger partial charge is 0.335 e. The maximum absolute atomic E-state index is 10.4. The fraction of sp³-hybridized carbons (Fsp3) is 0. The van der Waals surface area contributed by atoms with Gasteiger partial charge in [0.15, 0.2) is 0 Å². The number of carboxylic acid groups (broad SMARTS) is 1. The Hall–Kier alpha value is -1.45. The summed E-state index contributed by atoms with van der Waals surface area (Å²) in [5.74, 6) is -1.00. The number of carbonyl (C=O) groups is 1. The van der Waals surface area contributed by atoms with Crippen LogP contribution in [0.5, 0.6) is 0 Å². The van der Waals surface area contributed by atoms with Crippen molar-refractivity contribution in [2.45, 2.75) is 0 Å². The first-order valence-corrected chi connectivity index (χ1v) is 2.99. The van der Waals surface area contributed by atoms with Gasteiger partial charge in [0, 0.05) is 5.69 Å². The molecule has 0 fully saturated rings. The Labute approximate surface area is 65.2 Å². The molecule has 0 unspecified atom stereocenters. The molecule has 0 aliphatic heterocycles. The Morgan fingerprint density at radius 1 is 1.55 bits per heavy atom. The van der Waals surface area contributed by atoms with E-state index in [1.54, 1.807) is 0 Å². The van der Waals surface area contributed by atoms with Gasteiger partial charge in [0.05, 0.1) is 5.56 Å². The summed E-state index contributed by atoms with van der Waals surface area (Å²) in [5.41, 5.74) is 6.21. The second-order valence-corrected chi connectivity index (χ2v) is 2.15. The molecule has 1 aromatic rings. The molecular weight excluding hydrogens is 141 g/mol. The number of nitrogens with two attached hydrogens (primary N) is 1. The lowest BCUT2D eigenvalue weighted by molar-refractivity contribution is 0.0697. The second-order valence-electron chi connectivity index (χ2n) is 2.15. The van der Waals surface area contributed by atoms with Gasteiger partial charge < -0.3 is 10.8 Å². The lowest BCUT2D eigenvalue weighted by atomic mass is 9.93. The van der Waals surface area contributed by atoms with E-state index in [-0.39, 0.29) is 5.56 Å². The number of nitrogen functional groups attached to an aromatic ring is 1. The molecule has 0 atom stereocenters. The number of hydrogen-bond donors (Lipinski definition) is 2. The molecule has 0 spiro atoms. The van der Waals surface area contributed by atoms with Crippen LogP contribution in [0.2, 0.25) is 0 Å². The fourth-order valence-corrected chi connectivity index (χ4v) is 0.708.